The van der Waals surface area contributed by atoms with Gasteiger partial charge in [-0.2, -0.15) is 0 Å². The average molecular weight is 823 g/mol. The fourth-order valence-corrected chi connectivity index (χ4v) is 4.85. The molecule has 4 aromatic rings. The summed E-state index contributed by atoms with van der Waals surface area (Å²) in [7, 11) is 3.28. The van der Waals surface area contributed by atoms with Crippen molar-refractivity contribution in [1.82, 2.24) is 5.48 Å². The number of hydrogen-bond acceptors (Lipinski definition) is 9. The molecule has 42 heavy (non-hydrogen) atoms. The standard InChI is InChI=1S/C15H16INO3.C15H13IO3.ClH.H3NO/c1-19-13-7-5-11(6-8-13)10-20-15-12(9-17-18)3-2-4-14(15)16;1-18-13-7-5-11(6-8-13)10-19-15-12(9-17)3-2-4-14(15)16;;1-2/h2-8,17-18H,9-10H2,1H3;2-9H,10H2,1H3;1H;2H,1H2. The van der Waals surface area contributed by atoms with Gasteiger partial charge in [-0.25, -0.2) is 11.4 Å². The number of aldehydes is 1. The smallest absolute Gasteiger partial charge is 0.153 e. The zero-order valence-corrected chi connectivity index (χ0v) is 28.1. The quantitative estimate of drug-likeness (QED) is 0.0733. The van der Waals surface area contributed by atoms with E-state index in [9.17, 15) is 4.79 Å². The molecule has 0 saturated carbocycles. The summed E-state index contributed by atoms with van der Waals surface area (Å²) in [6.07, 6.45) is 0.811. The maximum absolute atomic E-state index is 11.0. The van der Waals surface area contributed by atoms with Crippen molar-refractivity contribution in [2.75, 3.05) is 14.2 Å². The number of ether oxygens (including phenoxy) is 4. The summed E-state index contributed by atoms with van der Waals surface area (Å²) in [5, 5.41) is 15.4. The first-order chi connectivity index (χ1) is 20.0. The summed E-state index contributed by atoms with van der Waals surface area (Å²) in [6.45, 7) is 1.25. The van der Waals surface area contributed by atoms with E-state index in [4.69, 9.17) is 29.4 Å². The molecule has 0 amide bonds. The minimum atomic E-state index is 0. The van der Waals surface area contributed by atoms with Crippen molar-refractivity contribution >= 4 is 63.9 Å². The van der Waals surface area contributed by atoms with Crippen molar-refractivity contribution in [2.45, 2.75) is 19.8 Å². The molecule has 0 radical (unpaired) electrons. The number of methoxy groups -OCH3 is 2. The molecule has 0 saturated heterocycles. The molecule has 0 unspecified atom stereocenters. The van der Waals surface area contributed by atoms with Crippen molar-refractivity contribution in [1.29, 1.82) is 0 Å². The summed E-state index contributed by atoms with van der Waals surface area (Å²) in [4.78, 5) is 11.0. The van der Waals surface area contributed by atoms with Crippen LogP contribution >= 0.6 is 57.6 Å². The topological polar surface area (TPSA) is 132 Å². The lowest BCUT2D eigenvalue weighted by Gasteiger charge is -2.13. The van der Waals surface area contributed by atoms with Gasteiger partial charge >= 0.3 is 0 Å². The van der Waals surface area contributed by atoms with E-state index in [1.807, 2.05) is 78.9 Å². The first-order valence-electron chi connectivity index (χ1n) is 12.1. The molecule has 0 fully saturated rings. The molecule has 0 atom stereocenters. The molecule has 5 N–H and O–H groups in total. The average Bonchev–Trinajstić information content (AvgIpc) is 3.02. The molecule has 0 aliphatic carbocycles. The van der Waals surface area contributed by atoms with E-state index >= 15 is 0 Å². The molecule has 4 aromatic carbocycles. The van der Waals surface area contributed by atoms with Crippen LogP contribution in [0.4, 0.5) is 0 Å². The van der Waals surface area contributed by atoms with Crippen LogP contribution in [0, 0.1) is 7.14 Å². The Balaban J connectivity index is 0.000000388. The molecule has 0 aromatic heterocycles. The number of carbonyl (C=O) groups is 1. The number of hydrogen-bond donors (Lipinski definition) is 4. The van der Waals surface area contributed by atoms with Crippen LogP contribution in [0.25, 0.3) is 0 Å². The number of rotatable bonds is 11. The Morgan fingerprint density at radius 2 is 1.19 bits per heavy atom. The highest BCUT2D eigenvalue weighted by Crippen LogP contribution is 2.27. The van der Waals surface area contributed by atoms with Crippen molar-refractivity contribution in [3.05, 3.63) is 114 Å². The summed E-state index contributed by atoms with van der Waals surface area (Å²) in [5.41, 5.74) is 5.75. The molecule has 0 aliphatic heterocycles. The first kappa shape index (κ1) is 37.4. The number of para-hydroxylation sites is 2. The number of benzene rings is 4. The lowest BCUT2D eigenvalue weighted by molar-refractivity contribution is 0.111. The Morgan fingerprint density at radius 3 is 1.64 bits per heavy atom. The zero-order valence-electron chi connectivity index (χ0n) is 23.0. The van der Waals surface area contributed by atoms with Gasteiger partial charge in [0.15, 0.2) is 6.29 Å². The van der Waals surface area contributed by atoms with Crippen LogP contribution in [0.2, 0.25) is 0 Å². The van der Waals surface area contributed by atoms with Gasteiger partial charge in [-0.3, -0.25) is 4.79 Å². The maximum Gasteiger partial charge on any atom is 0.153 e. The normalized spacial score (nSPS) is 9.60. The van der Waals surface area contributed by atoms with Crippen molar-refractivity contribution in [2.24, 2.45) is 5.90 Å². The maximum atomic E-state index is 11.0. The monoisotopic (exact) mass is 822 g/mol. The lowest BCUT2D eigenvalue weighted by Crippen LogP contribution is -2.09. The number of nitrogens with two attached hydrogens (primary N) is 1. The van der Waals surface area contributed by atoms with Gasteiger partial charge < -0.3 is 29.4 Å². The number of halogens is 3. The lowest BCUT2D eigenvalue weighted by atomic mass is 10.2. The molecule has 0 spiro atoms. The summed E-state index contributed by atoms with van der Waals surface area (Å²) in [6, 6.07) is 26.7. The van der Waals surface area contributed by atoms with Gasteiger partial charge in [0.25, 0.3) is 0 Å². The summed E-state index contributed by atoms with van der Waals surface area (Å²) >= 11 is 4.38. The molecule has 12 heteroatoms. The van der Waals surface area contributed by atoms with Crippen LogP contribution in [0.1, 0.15) is 27.0 Å². The predicted octanol–water partition coefficient (Wildman–Crippen LogP) is 6.81. The Hall–Kier alpha value is -2.66. The van der Waals surface area contributed by atoms with Crippen LogP contribution in [-0.4, -0.2) is 30.9 Å². The third-order valence-electron chi connectivity index (χ3n) is 5.53. The zero-order chi connectivity index (χ0) is 30.0. The molecule has 0 aliphatic rings. The molecule has 0 heterocycles. The molecular weight excluding hydrogens is 790 g/mol. The van der Waals surface area contributed by atoms with E-state index in [1.54, 1.807) is 20.3 Å². The largest absolute Gasteiger partial charge is 0.497 e. The van der Waals surface area contributed by atoms with E-state index < -0.39 is 0 Å². The van der Waals surface area contributed by atoms with Crippen LogP contribution < -0.4 is 30.3 Å². The third kappa shape index (κ3) is 11.9. The van der Waals surface area contributed by atoms with Crippen LogP contribution in [0.3, 0.4) is 0 Å². The highest BCUT2D eigenvalue weighted by molar-refractivity contribution is 14.1. The third-order valence-corrected chi connectivity index (χ3v) is 7.23. The summed E-state index contributed by atoms with van der Waals surface area (Å²) < 4.78 is 23.8. The highest BCUT2D eigenvalue weighted by Gasteiger charge is 2.09. The van der Waals surface area contributed by atoms with E-state index in [1.165, 1.54) is 0 Å². The van der Waals surface area contributed by atoms with Gasteiger partial charge in [-0.05, 0) is 98.8 Å². The highest BCUT2D eigenvalue weighted by atomic mass is 127. The van der Waals surface area contributed by atoms with E-state index in [0.29, 0.717) is 31.1 Å². The molecular formula is C30H33ClI2N2O7. The van der Waals surface area contributed by atoms with Crippen molar-refractivity contribution < 1.29 is 34.2 Å². The van der Waals surface area contributed by atoms with Crippen LogP contribution in [-0.2, 0) is 19.8 Å². The number of hydroxylamine groups is 1. The minimum Gasteiger partial charge on any atom is -0.497 e. The predicted molar refractivity (Wildman–Crippen MR) is 180 cm³/mol. The fourth-order valence-electron chi connectivity index (χ4n) is 3.46. The second-order valence-corrected chi connectivity index (χ2v) is 10.4. The Morgan fingerprint density at radius 1 is 0.738 bits per heavy atom. The van der Waals surface area contributed by atoms with Gasteiger partial charge in [-0.15, -0.1) is 12.4 Å². The molecule has 9 nitrogen and oxygen atoms in total. The summed E-state index contributed by atoms with van der Waals surface area (Å²) in [5.74, 6) is 6.57. The second kappa shape index (κ2) is 21.1. The Labute approximate surface area is 278 Å². The van der Waals surface area contributed by atoms with Gasteiger partial charge in [0.1, 0.15) is 36.2 Å². The van der Waals surface area contributed by atoms with Gasteiger partial charge in [0.05, 0.1) is 26.9 Å². The van der Waals surface area contributed by atoms with E-state index in [2.05, 4.69) is 56.6 Å². The van der Waals surface area contributed by atoms with E-state index in [0.717, 1.165) is 47.4 Å². The van der Waals surface area contributed by atoms with Crippen LogP contribution in [0.5, 0.6) is 23.0 Å². The molecule has 226 valence electrons. The van der Waals surface area contributed by atoms with Crippen molar-refractivity contribution in [3.8, 4) is 23.0 Å². The molecule has 0 bridgehead atoms. The molecule has 4 rings (SSSR count). The van der Waals surface area contributed by atoms with E-state index in [-0.39, 0.29) is 12.4 Å². The minimum absolute atomic E-state index is 0. The van der Waals surface area contributed by atoms with Crippen molar-refractivity contribution in [3.63, 3.8) is 0 Å². The van der Waals surface area contributed by atoms with Gasteiger partial charge in [0, 0.05) is 12.1 Å². The number of carbonyl (C=O) groups excluding carboxylic acids is 1. The van der Waals surface area contributed by atoms with Gasteiger partial charge in [-0.1, -0.05) is 42.5 Å². The Bertz CT molecular complexity index is 1340. The van der Waals surface area contributed by atoms with Crippen LogP contribution in [0.15, 0.2) is 84.9 Å². The first-order valence-corrected chi connectivity index (χ1v) is 14.3. The second-order valence-electron chi connectivity index (χ2n) is 8.11. The SMILES string of the molecule is COc1ccc(COc2c(I)cccc2C=O)cc1.COc1ccc(COc2c(I)cccc2CNO)cc1.Cl.NO. The van der Waals surface area contributed by atoms with Gasteiger partial charge in [0.2, 0.25) is 0 Å². The fraction of sp³-hybridized carbons (Fsp3) is 0.167. The number of nitrogens with one attached hydrogen (secondary N) is 1. The Kier molecular flexibility index (Phi) is 18.8.